The standard InChI is InChI=1S/C26H24Cl2FN5O/c1-15-10-19(29)5-6-20(15)23-11-17(14-34-9-8-33(3)26(34)30)12-24(32-23)25(35)31-16(2)18-4-7-21(27)22(28)13-18/h4-13,16,30H,14H2,1-3H3,(H,31,35)/t16-/m1/s1. The third-order valence-corrected chi connectivity index (χ3v) is 6.54. The molecule has 0 fully saturated rings. The van der Waals surface area contributed by atoms with Crippen molar-refractivity contribution in [3.8, 4) is 11.3 Å². The fraction of sp³-hybridized carbons (Fsp3) is 0.192. The molecule has 0 aliphatic carbocycles. The summed E-state index contributed by atoms with van der Waals surface area (Å²) in [6.45, 7) is 4.02. The maximum Gasteiger partial charge on any atom is 0.270 e. The topological polar surface area (TPSA) is 75.7 Å². The molecule has 1 amide bonds. The quantitative estimate of drug-likeness (QED) is 0.350. The molecule has 1 atom stereocenters. The molecule has 6 nitrogen and oxygen atoms in total. The number of carbonyl (C=O) groups is 1. The van der Waals surface area contributed by atoms with E-state index in [1.165, 1.54) is 12.1 Å². The Balaban J connectivity index is 1.71. The zero-order chi connectivity index (χ0) is 25.3. The Labute approximate surface area is 212 Å². The van der Waals surface area contributed by atoms with Gasteiger partial charge in [0.2, 0.25) is 5.62 Å². The lowest BCUT2D eigenvalue weighted by Gasteiger charge is -2.16. The molecule has 0 saturated carbocycles. The molecule has 9 heteroatoms. The fourth-order valence-electron chi connectivity index (χ4n) is 3.83. The van der Waals surface area contributed by atoms with Crippen LogP contribution in [0.5, 0.6) is 0 Å². The summed E-state index contributed by atoms with van der Waals surface area (Å²) in [7, 11) is 1.79. The predicted molar refractivity (Wildman–Crippen MR) is 135 cm³/mol. The van der Waals surface area contributed by atoms with Crippen LogP contribution in [0.15, 0.2) is 60.9 Å². The minimum atomic E-state index is -0.365. The molecule has 2 aromatic heterocycles. The van der Waals surface area contributed by atoms with Crippen molar-refractivity contribution in [3.05, 3.63) is 105 Å². The van der Waals surface area contributed by atoms with E-state index in [0.717, 1.165) is 16.7 Å². The number of amides is 1. The molecule has 0 aliphatic rings. The SMILES string of the molecule is Cc1cc(F)ccc1-c1cc(Cn2ccn(C)c2=N)cc(C(=O)N[C@H](C)c2ccc(Cl)c(Cl)c2)n1. The number of hydrogen-bond donors (Lipinski definition) is 2. The van der Waals surface area contributed by atoms with Crippen molar-refractivity contribution in [1.82, 2.24) is 19.4 Å². The van der Waals surface area contributed by atoms with Crippen molar-refractivity contribution in [1.29, 1.82) is 5.41 Å². The van der Waals surface area contributed by atoms with Gasteiger partial charge in [-0.1, -0.05) is 29.3 Å². The van der Waals surface area contributed by atoms with Crippen LogP contribution < -0.4 is 10.9 Å². The van der Waals surface area contributed by atoms with Gasteiger partial charge in [0.25, 0.3) is 5.91 Å². The van der Waals surface area contributed by atoms with Crippen molar-refractivity contribution >= 4 is 29.1 Å². The molecule has 35 heavy (non-hydrogen) atoms. The highest BCUT2D eigenvalue weighted by atomic mass is 35.5. The summed E-state index contributed by atoms with van der Waals surface area (Å²) in [5.74, 6) is -0.704. The first-order chi connectivity index (χ1) is 16.6. The second-order valence-corrected chi connectivity index (χ2v) is 9.25. The molecule has 0 radical (unpaired) electrons. The monoisotopic (exact) mass is 511 g/mol. The third-order valence-electron chi connectivity index (χ3n) is 5.80. The van der Waals surface area contributed by atoms with Crippen molar-refractivity contribution < 1.29 is 9.18 Å². The van der Waals surface area contributed by atoms with Gasteiger partial charge in [-0.3, -0.25) is 10.2 Å². The largest absolute Gasteiger partial charge is 0.344 e. The summed E-state index contributed by atoms with van der Waals surface area (Å²) in [4.78, 5) is 17.8. The summed E-state index contributed by atoms with van der Waals surface area (Å²) in [6.07, 6.45) is 3.60. The van der Waals surface area contributed by atoms with Gasteiger partial charge in [-0.15, -0.1) is 0 Å². The zero-order valence-electron chi connectivity index (χ0n) is 19.4. The van der Waals surface area contributed by atoms with E-state index in [1.807, 2.05) is 13.0 Å². The summed E-state index contributed by atoms with van der Waals surface area (Å²) in [5.41, 5.74) is 4.11. The summed E-state index contributed by atoms with van der Waals surface area (Å²) in [5, 5.41) is 12.0. The molecule has 0 saturated heterocycles. The molecular weight excluding hydrogens is 488 g/mol. The average Bonchev–Trinajstić information content (AvgIpc) is 3.12. The van der Waals surface area contributed by atoms with E-state index in [9.17, 15) is 9.18 Å². The van der Waals surface area contributed by atoms with Crippen molar-refractivity contribution in [2.75, 3.05) is 0 Å². The average molecular weight is 512 g/mol. The number of benzene rings is 2. The van der Waals surface area contributed by atoms with Crippen molar-refractivity contribution in [2.45, 2.75) is 26.4 Å². The number of carbonyl (C=O) groups excluding carboxylic acids is 1. The molecule has 0 spiro atoms. The van der Waals surface area contributed by atoms with Gasteiger partial charge in [0.1, 0.15) is 11.5 Å². The maximum atomic E-state index is 13.7. The molecule has 4 aromatic rings. The normalized spacial score (nSPS) is 11.9. The molecule has 0 unspecified atom stereocenters. The van der Waals surface area contributed by atoms with Gasteiger partial charge in [0.05, 0.1) is 28.3 Å². The Morgan fingerprint density at radius 3 is 2.54 bits per heavy atom. The van der Waals surface area contributed by atoms with E-state index in [-0.39, 0.29) is 23.5 Å². The first kappa shape index (κ1) is 24.7. The zero-order valence-corrected chi connectivity index (χ0v) is 21.0. The Bertz CT molecular complexity index is 1480. The Kier molecular flexibility index (Phi) is 7.10. The van der Waals surface area contributed by atoms with Crippen LogP contribution in [-0.2, 0) is 13.6 Å². The fourth-order valence-corrected chi connectivity index (χ4v) is 4.14. The van der Waals surface area contributed by atoms with Crippen LogP contribution in [-0.4, -0.2) is 20.0 Å². The van der Waals surface area contributed by atoms with Gasteiger partial charge in [-0.25, -0.2) is 9.37 Å². The van der Waals surface area contributed by atoms with E-state index in [2.05, 4.69) is 10.3 Å². The highest BCUT2D eigenvalue weighted by Crippen LogP contribution is 2.27. The van der Waals surface area contributed by atoms with Gasteiger partial charge in [-0.2, -0.15) is 0 Å². The molecule has 0 aliphatic heterocycles. The number of imidazole rings is 1. The number of aryl methyl sites for hydroxylation is 2. The van der Waals surface area contributed by atoms with E-state index < -0.39 is 0 Å². The number of rotatable bonds is 6. The molecule has 0 bridgehead atoms. The summed E-state index contributed by atoms with van der Waals surface area (Å²) in [6, 6.07) is 12.9. The lowest BCUT2D eigenvalue weighted by molar-refractivity contribution is 0.0935. The van der Waals surface area contributed by atoms with Gasteiger partial charge >= 0.3 is 0 Å². The Hall–Kier alpha value is -3.42. The van der Waals surface area contributed by atoms with Gasteiger partial charge in [0.15, 0.2) is 0 Å². The molecule has 4 rings (SSSR count). The second-order valence-electron chi connectivity index (χ2n) is 8.43. The number of pyridine rings is 1. The number of nitrogens with zero attached hydrogens (tertiary/aromatic N) is 3. The number of aromatic nitrogens is 3. The van der Waals surface area contributed by atoms with Crippen LogP contribution in [0.1, 0.15) is 40.1 Å². The third kappa shape index (κ3) is 5.47. The summed E-state index contributed by atoms with van der Waals surface area (Å²) < 4.78 is 17.2. The van der Waals surface area contributed by atoms with E-state index in [0.29, 0.717) is 33.5 Å². The van der Waals surface area contributed by atoms with Gasteiger partial charge in [-0.05, 0) is 73.0 Å². The van der Waals surface area contributed by atoms with Crippen LogP contribution in [0.25, 0.3) is 11.3 Å². The van der Waals surface area contributed by atoms with Crippen molar-refractivity contribution in [3.63, 3.8) is 0 Å². The van der Waals surface area contributed by atoms with E-state index >= 15 is 0 Å². The minimum Gasteiger partial charge on any atom is -0.344 e. The number of halogens is 3. The number of hydrogen-bond acceptors (Lipinski definition) is 3. The lowest BCUT2D eigenvalue weighted by atomic mass is 10.0. The van der Waals surface area contributed by atoms with Gasteiger partial charge < -0.3 is 14.5 Å². The maximum absolute atomic E-state index is 13.7. The molecular formula is C26H24Cl2FN5O. The summed E-state index contributed by atoms with van der Waals surface area (Å²) >= 11 is 12.1. The minimum absolute atomic E-state index is 0.219. The Morgan fingerprint density at radius 1 is 1.11 bits per heavy atom. The molecule has 2 heterocycles. The van der Waals surface area contributed by atoms with E-state index in [1.54, 1.807) is 65.8 Å². The van der Waals surface area contributed by atoms with Crippen LogP contribution >= 0.6 is 23.2 Å². The van der Waals surface area contributed by atoms with Crippen LogP contribution in [0.2, 0.25) is 10.0 Å². The predicted octanol–water partition coefficient (Wildman–Crippen LogP) is 5.66. The van der Waals surface area contributed by atoms with Gasteiger partial charge in [0, 0.05) is 25.0 Å². The van der Waals surface area contributed by atoms with Crippen LogP contribution in [0.4, 0.5) is 4.39 Å². The lowest BCUT2D eigenvalue weighted by Crippen LogP contribution is -2.28. The van der Waals surface area contributed by atoms with Crippen LogP contribution in [0, 0.1) is 18.2 Å². The van der Waals surface area contributed by atoms with Crippen molar-refractivity contribution in [2.24, 2.45) is 7.05 Å². The Morgan fingerprint density at radius 2 is 1.89 bits per heavy atom. The van der Waals surface area contributed by atoms with Crippen LogP contribution in [0.3, 0.4) is 0 Å². The highest BCUT2D eigenvalue weighted by molar-refractivity contribution is 6.42. The first-order valence-corrected chi connectivity index (χ1v) is 11.7. The highest BCUT2D eigenvalue weighted by Gasteiger charge is 2.17. The number of nitrogens with one attached hydrogen (secondary N) is 2. The second kappa shape index (κ2) is 10.1. The smallest absolute Gasteiger partial charge is 0.270 e. The first-order valence-electron chi connectivity index (χ1n) is 10.9. The molecule has 2 N–H and O–H groups in total. The molecule has 180 valence electrons. The molecule has 2 aromatic carbocycles. The van der Waals surface area contributed by atoms with E-state index in [4.69, 9.17) is 28.6 Å².